The molecule has 28 heavy (non-hydrogen) atoms. The van der Waals surface area contributed by atoms with Crippen molar-refractivity contribution < 1.29 is 9.47 Å². The molecule has 0 atom stereocenters. The summed E-state index contributed by atoms with van der Waals surface area (Å²) in [6.45, 7) is 8.54. The van der Waals surface area contributed by atoms with Gasteiger partial charge in [0, 0.05) is 19.6 Å². The molecule has 0 fully saturated rings. The van der Waals surface area contributed by atoms with Crippen molar-refractivity contribution in [2.75, 3.05) is 13.2 Å². The van der Waals surface area contributed by atoms with Gasteiger partial charge in [-0.15, -0.1) is 0 Å². The molecular weight excluding hydrogens is 344 g/mol. The van der Waals surface area contributed by atoms with Gasteiger partial charge in [0.2, 0.25) is 0 Å². The lowest BCUT2D eigenvalue weighted by molar-refractivity contribution is -0.143. The molecule has 169 valence electrons. The summed E-state index contributed by atoms with van der Waals surface area (Å²) in [6.07, 6.45) is 27.1. The minimum Gasteiger partial charge on any atom is -0.353 e. The summed E-state index contributed by atoms with van der Waals surface area (Å²) in [6, 6.07) is 0. The quantitative estimate of drug-likeness (QED) is 0.119. The van der Waals surface area contributed by atoms with Gasteiger partial charge in [-0.05, 0) is 25.7 Å². The van der Waals surface area contributed by atoms with Crippen LogP contribution in [0, 0.1) is 6.42 Å². The highest BCUT2D eigenvalue weighted by Gasteiger charge is 2.09. The molecule has 0 aliphatic heterocycles. The molecule has 0 bridgehead atoms. The van der Waals surface area contributed by atoms with Gasteiger partial charge >= 0.3 is 0 Å². The first-order chi connectivity index (χ1) is 13.8. The van der Waals surface area contributed by atoms with E-state index in [1.807, 2.05) is 0 Å². The Morgan fingerprint density at radius 2 is 0.893 bits per heavy atom. The van der Waals surface area contributed by atoms with Crippen LogP contribution in [-0.2, 0) is 9.47 Å². The van der Waals surface area contributed by atoms with Crippen molar-refractivity contribution >= 4 is 0 Å². The van der Waals surface area contributed by atoms with E-state index in [9.17, 15) is 0 Å². The molecule has 0 saturated carbocycles. The minimum atomic E-state index is -0.0121. The van der Waals surface area contributed by atoms with Gasteiger partial charge in [0.25, 0.3) is 0 Å². The van der Waals surface area contributed by atoms with Gasteiger partial charge in [-0.2, -0.15) is 0 Å². The largest absolute Gasteiger partial charge is 0.353 e. The topological polar surface area (TPSA) is 18.5 Å². The monoisotopic (exact) mass is 397 g/mol. The van der Waals surface area contributed by atoms with Crippen molar-refractivity contribution in [3.63, 3.8) is 0 Å². The average Bonchev–Trinajstić information content (AvgIpc) is 2.71. The molecule has 0 aliphatic carbocycles. The van der Waals surface area contributed by atoms with Crippen LogP contribution in [0.4, 0.5) is 0 Å². The first-order valence-corrected chi connectivity index (χ1v) is 12.9. The molecular formula is C26H53O2. The number of unbranched alkanes of at least 4 members (excludes halogenated alkanes) is 16. The lowest BCUT2D eigenvalue weighted by Gasteiger charge is -2.19. The van der Waals surface area contributed by atoms with Gasteiger partial charge in [-0.25, -0.2) is 0 Å². The summed E-state index contributed by atoms with van der Waals surface area (Å²) in [5, 5.41) is 0. The maximum Gasteiger partial charge on any atom is 0.157 e. The molecule has 0 spiro atoms. The molecule has 0 rings (SSSR count). The molecule has 0 aromatic rings. The van der Waals surface area contributed by atoms with Crippen LogP contribution in [0.3, 0.4) is 0 Å². The third kappa shape index (κ3) is 22.2. The molecule has 0 N–H and O–H groups in total. The summed E-state index contributed by atoms with van der Waals surface area (Å²) in [7, 11) is 0. The molecule has 0 unspecified atom stereocenters. The molecule has 0 aliphatic rings. The maximum atomic E-state index is 6.09. The Morgan fingerprint density at radius 3 is 1.36 bits per heavy atom. The molecule has 0 aromatic carbocycles. The third-order valence-electron chi connectivity index (χ3n) is 5.47. The van der Waals surface area contributed by atoms with Crippen LogP contribution in [0.5, 0.6) is 0 Å². The molecule has 0 amide bonds. The van der Waals surface area contributed by atoms with Gasteiger partial charge in [0.15, 0.2) is 6.29 Å². The summed E-state index contributed by atoms with van der Waals surface area (Å²) >= 11 is 0. The summed E-state index contributed by atoms with van der Waals surface area (Å²) in [4.78, 5) is 0. The summed E-state index contributed by atoms with van der Waals surface area (Å²) < 4.78 is 12.2. The highest BCUT2D eigenvalue weighted by atomic mass is 16.7. The van der Waals surface area contributed by atoms with Gasteiger partial charge in [0.05, 0.1) is 0 Å². The Labute approximate surface area is 178 Å². The van der Waals surface area contributed by atoms with Crippen molar-refractivity contribution in [2.45, 2.75) is 149 Å². The van der Waals surface area contributed by atoms with E-state index in [2.05, 4.69) is 27.2 Å². The zero-order valence-corrected chi connectivity index (χ0v) is 19.8. The lowest BCUT2D eigenvalue weighted by Crippen LogP contribution is -2.19. The standard InChI is InChI=1S/C26H53O2/c1-4-7-10-13-16-17-20-23-26(27-24-21-18-14-11-8-5-2)28-25-22-19-15-12-9-6-3/h20,26H,4-19,21-25H2,1-3H3. The Kier molecular flexibility index (Phi) is 24.9. The van der Waals surface area contributed by atoms with E-state index in [1.165, 1.54) is 116 Å². The van der Waals surface area contributed by atoms with Gasteiger partial charge in [0.1, 0.15) is 0 Å². The second-order valence-corrected chi connectivity index (χ2v) is 8.43. The lowest BCUT2D eigenvalue weighted by atomic mass is 10.1. The minimum absolute atomic E-state index is 0.0121. The van der Waals surface area contributed by atoms with Crippen molar-refractivity contribution in [1.82, 2.24) is 0 Å². The van der Waals surface area contributed by atoms with E-state index in [0.717, 1.165) is 19.6 Å². The van der Waals surface area contributed by atoms with Crippen LogP contribution in [0.15, 0.2) is 0 Å². The number of hydrogen-bond acceptors (Lipinski definition) is 2. The predicted molar refractivity (Wildman–Crippen MR) is 125 cm³/mol. The highest BCUT2D eigenvalue weighted by molar-refractivity contribution is 4.67. The van der Waals surface area contributed by atoms with Crippen LogP contribution in [0.1, 0.15) is 143 Å². The van der Waals surface area contributed by atoms with E-state index < -0.39 is 0 Å². The average molecular weight is 398 g/mol. The first kappa shape index (κ1) is 27.9. The van der Waals surface area contributed by atoms with E-state index in [0.29, 0.717) is 0 Å². The normalized spacial score (nSPS) is 11.6. The molecule has 2 nitrogen and oxygen atoms in total. The maximum absolute atomic E-state index is 6.09. The van der Waals surface area contributed by atoms with Crippen molar-refractivity contribution in [3.05, 3.63) is 6.42 Å². The van der Waals surface area contributed by atoms with Crippen LogP contribution >= 0.6 is 0 Å². The van der Waals surface area contributed by atoms with Gasteiger partial charge in [-0.3, -0.25) is 0 Å². The Bertz CT molecular complexity index is 224. The zero-order valence-electron chi connectivity index (χ0n) is 19.8. The second kappa shape index (κ2) is 25.0. The number of rotatable bonds is 24. The smallest absolute Gasteiger partial charge is 0.157 e. The molecule has 0 aromatic heterocycles. The van der Waals surface area contributed by atoms with E-state index in [1.54, 1.807) is 0 Å². The Morgan fingerprint density at radius 1 is 0.500 bits per heavy atom. The fraction of sp³-hybridized carbons (Fsp3) is 0.962. The molecule has 2 heteroatoms. The fourth-order valence-electron chi connectivity index (χ4n) is 3.52. The van der Waals surface area contributed by atoms with Gasteiger partial charge in [-0.1, -0.05) is 117 Å². The van der Waals surface area contributed by atoms with Crippen molar-refractivity contribution in [2.24, 2.45) is 0 Å². The van der Waals surface area contributed by atoms with E-state index in [-0.39, 0.29) is 6.29 Å². The van der Waals surface area contributed by atoms with Crippen molar-refractivity contribution in [3.8, 4) is 0 Å². The fourth-order valence-corrected chi connectivity index (χ4v) is 3.52. The summed E-state index contributed by atoms with van der Waals surface area (Å²) in [5.74, 6) is 0. The SMILES string of the molecule is CCCCCCC[CH]CC(OCCCCCCCC)OCCCCCCCC. The molecule has 0 saturated heterocycles. The van der Waals surface area contributed by atoms with Crippen LogP contribution in [0.25, 0.3) is 0 Å². The second-order valence-electron chi connectivity index (χ2n) is 8.43. The zero-order chi connectivity index (χ0) is 20.5. The Balaban J connectivity index is 3.80. The van der Waals surface area contributed by atoms with Crippen LogP contribution < -0.4 is 0 Å². The van der Waals surface area contributed by atoms with Crippen LogP contribution in [-0.4, -0.2) is 19.5 Å². The number of ether oxygens (including phenoxy) is 2. The summed E-state index contributed by atoms with van der Waals surface area (Å²) in [5.41, 5.74) is 0. The van der Waals surface area contributed by atoms with E-state index in [4.69, 9.17) is 9.47 Å². The van der Waals surface area contributed by atoms with Gasteiger partial charge < -0.3 is 9.47 Å². The Hall–Kier alpha value is -0.0800. The molecule has 0 heterocycles. The first-order valence-electron chi connectivity index (χ1n) is 12.9. The van der Waals surface area contributed by atoms with E-state index >= 15 is 0 Å². The third-order valence-corrected chi connectivity index (χ3v) is 5.47. The highest BCUT2D eigenvalue weighted by Crippen LogP contribution is 2.14. The molecule has 1 radical (unpaired) electrons. The predicted octanol–water partition coefficient (Wildman–Crippen LogP) is 9.02. The van der Waals surface area contributed by atoms with Crippen LogP contribution in [0.2, 0.25) is 0 Å². The van der Waals surface area contributed by atoms with Crippen molar-refractivity contribution in [1.29, 1.82) is 0 Å². The number of hydrogen-bond donors (Lipinski definition) is 0.